The number of halogens is 4. The summed E-state index contributed by atoms with van der Waals surface area (Å²) >= 11 is 8.69. The summed E-state index contributed by atoms with van der Waals surface area (Å²) in [5.41, 5.74) is 5.72. The van der Waals surface area contributed by atoms with Crippen LogP contribution in [0.25, 0.3) is 0 Å². The SMILES string of the molecule is Nc1cc(Cl)cnc1Oc1cc(Br)cc(F)c1F. The van der Waals surface area contributed by atoms with Crippen molar-refractivity contribution in [2.45, 2.75) is 0 Å². The highest BCUT2D eigenvalue weighted by atomic mass is 79.9. The van der Waals surface area contributed by atoms with E-state index in [2.05, 4.69) is 20.9 Å². The molecule has 2 aromatic rings. The highest BCUT2D eigenvalue weighted by molar-refractivity contribution is 9.10. The van der Waals surface area contributed by atoms with Crippen molar-refractivity contribution in [3.8, 4) is 11.6 Å². The van der Waals surface area contributed by atoms with Gasteiger partial charge in [0.1, 0.15) is 0 Å². The fourth-order valence-electron chi connectivity index (χ4n) is 1.24. The maximum atomic E-state index is 13.5. The molecule has 0 aliphatic rings. The van der Waals surface area contributed by atoms with Gasteiger partial charge in [-0.15, -0.1) is 0 Å². The van der Waals surface area contributed by atoms with Crippen LogP contribution in [0.3, 0.4) is 0 Å². The largest absolute Gasteiger partial charge is 0.434 e. The number of nitrogen functional groups attached to an aromatic ring is 1. The van der Waals surface area contributed by atoms with Gasteiger partial charge in [0, 0.05) is 10.7 Å². The van der Waals surface area contributed by atoms with Crippen molar-refractivity contribution in [3.05, 3.63) is 45.5 Å². The predicted octanol–water partition coefficient (Wildman–Crippen LogP) is 4.15. The summed E-state index contributed by atoms with van der Waals surface area (Å²) < 4.78 is 32.1. The first kappa shape index (κ1) is 13.0. The Morgan fingerprint density at radius 3 is 2.67 bits per heavy atom. The van der Waals surface area contributed by atoms with Crippen molar-refractivity contribution in [2.24, 2.45) is 0 Å². The van der Waals surface area contributed by atoms with Gasteiger partial charge >= 0.3 is 0 Å². The molecule has 0 bridgehead atoms. The Morgan fingerprint density at radius 2 is 2.00 bits per heavy atom. The third-order valence-corrected chi connectivity index (χ3v) is 2.68. The average molecular weight is 336 g/mol. The van der Waals surface area contributed by atoms with Crippen LogP contribution in [0.4, 0.5) is 14.5 Å². The van der Waals surface area contributed by atoms with Crippen LogP contribution < -0.4 is 10.5 Å². The zero-order chi connectivity index (χ0) is 13.3. The fourth-order valence-corrected chi connectivity index (χ4v) is 1.81. The molecule has 0 radical (unpaired) electrons. The van der Waals surface area contributed by atoms with E-state index in [1.165, 1.54) is 18.3 Å². The van der Waals surface area contributed by atoms with E-state index in [1.807, 2.05) is 0 Å². The quantitative estimate of drug-likeness (QED) is 0.839. The van der Waals surface area contributed by atoms with Gasteiger partial charge in [-0.3, -0.25) is 0 Å². The molecule has 1 heterocycles. The maximum Gasteiger partial charge on any atom is 0.242 e. The second-order valence-corrected chi connectivity index (χ2v) is 4.70. The number of anilines is 1. The Labute approximate surface area is 115 Å². The van der Waals surface area contributed by atoms with Gasteiger partial charge in [-0.05, 0) is 18.2 Å². The molecular formula is C11H6BrClF2N2O. The number of hydrogen-bond acceptors (Lipinski definition) is 3. The lowest BCUT2D eigenvalue weighted by atomic mass is 10.3. The minimum Gasteiger partial charge on any atom is -0.434 e. The minimum absolute atomic E-state index is 0.0456. The molecule has 94 valence electrons. The molecule has 0 atom stereocenters. The van der Waals surface area contributed by atoms with Gasteiger partial charge in [-0.1, -0.05) is 27.5 Å². The lowest BCUT2D eigenvalue weighted by Gasteiger charge is -2.09. The first-order valence-electron chi connectivity index (χ1n) is 4.71. The first-order valence-corrected chi connectivity index (χ1v) is 5.88. The van der Waals surface area contributed by atoms with Crippen molar-refractivity contribution in [1.82, 2.24) is 4.98 Å². The van der Waals surface area contributed by atoms with Gasteiger partial charge in [0.05, 0.1) is 10.7 Å². The minimum atomic E-state index is -1.12. The molecule has 2 rings (SSSR count). The summed E-state index contributed by atoms with van der Waals surface area (Å²) in [5, 5.41) is 0.320. The summed E-state index contributed by atoms with van der Waals surface area (Å²) in [6.45, 7) is 0. The van der Waals surface area contributed by atoms with Crippen molar-refractivity contribution >= 4 is 33.2 Å². The van der Waals surface area contributed by atoms with E-state index in [4.69, 9.17) is 22.1 Å². The Kier molecular flexibility index (Phi) is 3.68. The Balaban J connectivity index is 2.40. The van der Waals surface area contributed by atoms with Crippen LogP contribution in [0, 0.1) is 11.6 Å². The van der Waals surface area contributed by atoms with Crippen molar-refractivity contribution in [2.75, 3.05) is 5.73 Å². The topological polar surface area (TPSA) is 48.1 Å². The van der Waals surface area contributed by atoms with Crippen LogP contribution in [-0.4, -0.2) is 4.98 Å². The second kappa shape index (κ2) is 5.07. The summed E-state index contributed by atoms with van der Waals surface area (Å²) in [7, 11) is 0. The van der Waals surface area contributed by atoms with Crippen molar-refractivity contribution < 1.29 is 13.5 Å². The zero-order valence-corrected chi connectivity index (χ0v) is 11.1. The van der Waals surface area contributed by atoms with E-state index in [0.717, 1.165) is 6.07 Å². The van der Waals surface area contributed by atoms with Gasteiger partial charge < -0.3 is 10.5 Å². The third kappa shape index (κ3) is 2.70. The highest BCUT2D eigenvalue weighted by Gasteiger charge is 2.14. The van der Waals surface area contributed by atoms with E-state index >= 15 is 0 Å². The smallest absolute Gasteiger partial charge is 0.242 e. The molecule has 1 aromatic carbocycles. The molecule has 3 nitrogen and oxygen atoms in total. The molecule has 0 amide bonds. The number of pyridine rings is 1. The van der Waals surface area contributed by atoms with E-state index in [0.29, 0.717) is 9.50 Å². The summed E-state index contributed by atoms with van der Waals surface area (Å²) in [6.07, 6.45) is 1.29. The van der Waals surface area contributed by atoms with E-state index in [9.17, 15) is 8.78 Å². The van der Waals surface area contributed by atoms with E-state index in [-0.39, 0.29) is 17.3 Å². The van der Waals surface area contributed by atoms with Gasteiger partial charge in [0.2, 0.25) is 11.7 Å². The van der Waals surface area contributed by atoms with Gasteiger partial charge in [0.15, 0.2) is 11.6 Å². The molecule has 18 heavy (non-hydrogen) atoms. The van der Waals surface area contributed by atoms with Crippen LogP contribution >= 0.6 is 27.5 Å². The van der Waals surface area contributed by atoms with Gasteiger partial charge in [-0.2, -0.15) is 4.39 Å². The standard InChI is InChI=1S/C11H6BrClF2N2O/c12-5-1-7(14)10(15)9(2-5)18-11-8(16)3-6(13)4-17-11/h1-4H,16H2. The van der Waals surface area contributed by atoms with Crippen molar-refractivity contribution in [1.29, 1.82) is 0 Å². The lowest BCUT2D eigenvalue weighted by Crippen LogP contribution is -1.98. The molecule has 0 saturated heterocycles. The van der Waals surface area contributed by atoms with Crippen LogP contribution in [0.2, 0.25) is 5.02 Å². The molecule has 7 heteroatoms. The predicted molar refractivity (Wildman–Crippen MR) is 67.8 cm³/mol. The Morgan fingerprint density at radius 1 is 1.28 bits per heavy atom. The monoisotopic (exact) mass is 334 g/mol. The van der Waals surface area contributed by atoms with Gasteiger partial charge in [0.25, 0.3) is 0 Å². The maximum absolute atomic E-state index is 13.5. The van der Waals surface area contributed by atoms with Crippen LogP contribution in [0.1, 0.15) is 0 Å². The molecule has 0 unspecified atom stereocenters. The first-order chi connectivity index (χ1) is 8.47. The zero-order valence-electron chi connectivity index (χ0n) is 8.75. The average Bonchev–Trinajstić information content (AvgIpc) is 2.29. The summed E-state index contributed by atoms with van der Waals surface area (Å²) in [4.78, 5) is 3.79. The molecule has 0 fully saturated rings. The second-order valence-electron chi connectivity index (χ2n) is 3.35. The molecule has 2 N–H and O–H groups in total. The third-order valence-electron chi connectivity index (χ3n) is 2.01. The molecular weight excluding hydrogens is 329 g/mol. The number of nitrogens with two attached hydrogens (primary N) is 1. The molecule has 1 aromatic heterocycles. The van der Waals surface area contributed by atoms with Crippen LogP contribution in [0.15, 0.2) is 28.9 Å². The van der Waals surface area contributed by atoms with Crippen LogP contribution in [-0.2, 0) is 0 Å². The lowest BCUT2D eigenvalue weighted by molar-refractivity contribution is 0.406. The number of aromatic nitrogens is 1. The molecule has 0 saturated carbocycles. The molecule has 0 spiro atoms. The highest BCUT2D eigenvalue weighted by Crippen LogP contribution is 2.31. The van der Waals surface area contributed by atoms with Gasteiger partial charge in [-0.25, -0.2) is 9.37 Å². The number of hydrogen-bond donors (Lipinski definition) is 1. The normalized spacial score (nSPS) is 10.4. The summed E-state index contributed by atoms with van der Waals surface area (Å²) in [6, 6.07) is 3.66. The molecule has 0 aliphatic heterocycles. The number of ether oxygens (including phenoxy) is 1. The van der Waals surface area contributed by atoms with Crippen molar-refractivity contribution in [3.63, 3.8) is 0 Å². The fraction of sp³-hybridized carbons (Fsp3) is 0. The number of benzene rings is 1. The van der Waals surface area contributed by atoms with E-state index < -0.39 is 11.6 Å². The van der Waals surface area contributed by atoms with E-state index in [1.54, 1.807) is 0 Å². The molecule has 0 aliphatic carbocycles. The summed E-state index contributed by atoms with van der Waals surface area (Å²) in [5.74, 6) is -2.51. The number of nitrogens with zero attached hydrogens (tertiary/aromatic N) is 1. The Bertz CT molecular complexity index is 610. The van der Waals surface area contributed by atoms with Crippen LogP contribution in [0.5, 0.6) is 11.6 Å². The number of rotatable bonds is 2. The Hall–Kier alpha value is -1.40.